The first-order chi connectivity index (χ1) is 14.8. The topological polar surface area (TPSA) is 107 Å². The maximum Gasteiger partial charge on any atom is 0.168 e. The lowest BCUT2D eigenvalue weighted by Crippen LogP contribution is -2.44. The van der Waals surface area contributed by atoms with Crippen molar-refractivity contribution in [2.75, 3.05) is 38.0 Å². The first-order valence-corrected chi connectivity index (χ1v) is 12.8. The van der Waals surface area contributed by atoms with Gasteiger partial charge in [0.25, 0.3) is 0 Å². The molecule has 0 amide bonds. The predicted molar refractivity (Wildman–Crippen MR) is 120 cm³/mol. The number of hydrogen-bond donors (Lipinski definition) is 1. The highest BCUT2D eigenvalue weighted by Crippen LogP contribution is 2.41. The number of nitrogens with zero attached hydrogens (tertiary/aromatic N) is 7. The van der Waals surface area contributed by atoms with Crippen molar-refractivity contribution >= 4 is 29.4 Å². The van der Waals surface area contributed by atoms with Gasteiger partial charge in [0, 0.05) is 31.4 Å². The second kappa shape index (κ2) is 7.32. The third-order valence-electron chi connectivity index (χ3n) is 5.59. The van der Waals surface area contributed by atoms with E-state index in [4.69, 9.17) is 14.8 Å². The summed E-state index contributed by atoms with van der Waals surface area (Å²) in [6, 6.07) is 6.01. The number of nitrogens with one attached hydrogen (secondary N) is 1. The smallest absolute Gasteiger partial charge is 0.168 e. The van der Waals surface area contributed by atoms with E-state index >= 15 is 0 Å². The molecule has 0 radical (unpaired) electrons. The molecular formula is C20H25N8O2P. The van der Waals surface area contributed by atoms with Gasteiger partial charge in [-0.15, -0.1) is 0 Å². The molecule has 0 aromatic carbocycles. The molecule has 1 fully saturated rings. The Morgan fingerprint density at radius 2 is 2.10 bits per heavy atom. The zero-order chi connectivity index (χ0) is 21.8. The van der Waals surface area contributed by atoms with Crippen molar-refractivity contribution in [3.8, 4) is 17.1 Å². The molecule has 0 aliphatic carbocycles. The van der Waals surface area contributed by atoms with Gasteiger partial charge in [-0.25, -0.2) is 4.98 Å². The van der Waals surface area contributed by atoms with Crippen LogP contribution in [-0.2, 0) is 16.3 Å². The van der Waals surface area contributed by atoms with Crippen LogP contribution < -0.4 is 10.3 Å². The number of aryl methyl sites for hydroxylation is 1. The summed E-state index contributed by atoms with van der Waals surface area (Å²) in [6.07, 6.45) is 3.42. The van der Waals surface area contributed by atoms with Crippen molar-refractivity contribution < 1.29 is 9.30 Å². The molecule has 1 atom stereocenters. The molecule has 5 heterocycles. The van der Waals surface area contributed by atoms with Gasteiger partial charge in [-0.1, -0.05) is 0 Å². The highest BCUT2D eigenvalue weighted by atomic mass is 31.2. The fourth-order valence-corrected chi connectivity index (χ4v) is 5.11. The average molecular weight is 440 g/mol. The summed E-state index contributed by atoms with van der Waals surface area (Å²) in [4.78, 5) is 7.25. The van der Waals surface area contributed by atoms with E-state index in [1.54, 1.807) is 30.4 Å². The molecule has 0 spiro atoms. The highest BCUT2D eigenvalue weighted by molar-refractivity contribution is 7.70. The summed E-state index contributed by atoms with van der Waals surface area (Å²) >= 11 is 0. The molecule has 4 aromatic heterocycles. The lowest BCUT2D eigenvalue weighted by Gasteiger charge is -2.34. The monoisotopic (exact) mass is 440 g/mol. The predicted octanol–water partition coefficient (Wildman–Crippen LogP) is 2.02. The Hall–Kier alpha value is -2.97. The Labute approximate surface area is 179 Å². The van der Waals surface area contributed by atoms with Crippen LogP contribution in [0, 0.1) is 0 Å². The normalized spacial score (nSPS) is 17.5. The number of aromatic amines is 1. The maximum absolute atomic E-state index is 13.3. The summed E-state index contributed by atoms with van der Waals surface area (Å²) in [5, 5.41) is 16.9. The number of morpholine rings is 1. The van der Waals surface area contributed by atoms with Crippen molar-refractivity contribution in [3.05, 3.63) is 30.6 Å². The summed E-state index contributed by atoms with van der Waals surface area (Å²) < 4.78 is 22.4. The van der Waals surface area contributed by atoms with E-state index in [-0.39, 0.29) is 6.04 Å². The van der Waals surface area contributed by atoms with E-state index in [2.05, 4.69) is 33.2 Å². The largest absolute Gasteiger partial charge is 0.377 e. The third-order valence-corrected chi connectivity index (χ3v) is 6.92. The fourth-order valence-electron chi connectivity index (χ4n) is 4.05. The molecule has 1 saturated heterocycles. The lowest BCUT2D eigenvalue weighted by atomic mass is 10.1. The number of hydrogen-bond acceptors (Lipinski definition) is 7. The Morgan fingerprint density at radius 1 is 1.26 bits per heavy atom. The molecule has 4 aromatic rings. The van der Waals surface area contributed by atoms with Gasteiger partial charge in [0.05, 0.1) is 36.5 Å². The minimum atomic E-state index is -2.72. The molecular weight excluding hydrogens is 415 g/mol. The zero-order valence-corrected chi connectivity index (χ0v) is 18.9. The van der Waals surface area contributed by atoms with Crippen LogP contribution in [0.4, 0.5) is 5.82 Å². The van der Waals surface area contributed by atoms with E-state index in [1.165, 1.54) is 0 Å². The minimum Gasteiger partial charge on any atom is -0.377 e. The van der Waals surface area contributed by atoms with Crippen molar-refractivity contribution in [1.29, 1.82) is 0 Å². The maximum atomic E-state index is 13.3. The number of anilines is 1. The van der Waals surface area contributed by atoms with Crippen LogP contribution >= 0.6 is 7.14 Å². The van der Waals surface area contributed by atoms with Gasteiger partial charge in [0.2, 0.25) is 0 Å². The van der Waals surface area contributed by atoms with Gasteiger partial charge >= 0.3 is 0 Å². The van der Waals surface area contributed by atoms with Crippen molar-refractivity contribution in [2.45, 2.75) is 13.0 Å². The average Bonchev–Trinajstić information content (AvgIpc) is 3.46. The van der Waals surface area contributed by atoms with Gasteiger partial charge in [0.15, 0.2) is 11.5 Å². The molecule has 11 heteroatoms. The van der Waals surface area contributed by atoms with Crippen molar-refractivity contribution in [3.63, 3.8) is 0 Å². The Balaban J connectivity index is 1.87. The number of aromatic nitrogens is 7. The Bertz CT molecular complexity index is 1290. The summed E-state index contributed by atoms with van der Waals surface area (Å²) in [5.74, 6) is 1.49. The van der Waals surface area contributed by atoms with E-state index in [0.29, 0.717) is 30.1 Å². The summed E-state index contributed by atoms with van der Waals surface area (Å²) in [5.41, 5.74) is 3.00. The van der Waals surface area contributed by atoms with Crippen LogP contribution in [-0.4, -0.2) is 73.9 Å². The van der Waals surface area contributed by atoms with Gasteiger partial charge in [-0.3, -0.25) is 9.78 Å². The number of H-pyrrole nitrogens is 1. The van der Waals surface area contributed by atoms with Crippen LogP contribution in [0.2, 0.25) is 0 Å². The molecule has 0 bridgehead atoms. The second-order valence-electron chi connectivity index (χ2n) is 8.21. The van der Waals surface area contributed by atoms with Crippen LogP contribution in [0.15, 0.2) is 30.6 Å². The third kappa shape index (κ3) is 3.36. The standard InChI is InChI=1S/C20H25N8O2P/c1-13-12-30-10-9-27(13)17-11-14(15-5-8-22-26(15)2)18-19(23-17)28(16-6-7-21-24-16)25-20(18)31(3,4)29/h5-8,11,13H,9-10,12H2,1-4H3,(H,21,24)/t13-/m1/s1. The van der Waals surface area contributed by atoms with E-state index < -0.39 is 7.14 Å². The first kappa shape index (κ1) is 20.0. The zero-order valence-electron chi connectivity index (χ0n) is 18.0. The van der Waals surface area contributed by atoms with Gasteiger partial charge in [-0.2, -0.15) is 20.0 Å². The Morgan fingerprint density at radius 3 is 2.74 bits per heavy atom. The fraction of sp³-hybridized carbons (Fsp3) is 0.400. The number of pyridine rings is 1. The molecule has 162 valence electrons. The van der Waals surface area contributed by atoms with E-state index in [0.717, 1.165) is 29.0 Å². The summed E-state index contributed by atoms with van der Waals surface area (Å²) in [6.45, 7) is 7.63. The second-order valence-corrected chi connectivity index (χ2v) is 11.3. The molecule has 1 aliphatic rings. The van der Waals surface area contributed by atoms with Crippen molar-refractivity contribution in [1.82, 2.24) is 34.7 Å². The summed E-state index contributed by atoms with van der Waals surface area (Å²) in [7, 11) is -0.819. The lowest BCUT2D eigenvalue weighted by molar-refractivity contribution is 0.0985. The van der Waals surface area contributed by atoms with Gasteiger partial charge < -0.3 is 14.2 Å². The van der Waals surface area contributed by atoms with Crippen LogP contribution in [0.1, 0.15) is 6.92 Å². The molecule has 31 heavy (non-hydrogen) atoms. The first-order valence-electron chi connectivity index (χ1n) is 10.2. The molecule has 0 unspecified atom stereocenters. The van der Waals surface area contributed by atoms with E-state index in [9.17, 15) is 4.57 Å². The molecule has 0 saturated carbocycles. The van der Waals surface area contributed by atoms with Crippen LogP contribution in [0.25, 0.3) is 28.1 Å². The van der Waals surface area contributed by atoms with Crippen molar-refractivity contribution in [2.24, 2.45) is 7.05 Å². The highest BCUT2D eigenvalue weighted by Gasteiger charge is 2.29. The van der Waals surface area contributed by atoms with Crippen LogP contribution in [0.3, 0.4) is 0 Å². The van der Waals surface area contributed by atoms with Gasteiger partial charge in [0.1, 0.15) is 18.4 Å². The quantitative estimate of drug-likeness (QED) is 0.484. The molecule has 5 rings (SSSR count). The number of fused-ring (bicyclic) bond motifs is 1. The molecule has 1 N–H and O–H groups in total. The number of rotatable bonds is 4. The van der Waals surface area contributed by atoms with Crippen LogP contribution in [0.5, 0.6) is 0 Å². The van der Waals surface area contributed by atoms with Gasteiger partial charge in [-0.05, 0) is 32.4 Å². The minimum absolute atomic E-state index is 0.185. The molecule has 1 aliphatic heterocycles. The van der Waals surface area contributed by atoms with E-state index in [1.807, 2.05) is 23.9 Å². The molecule has 10 nitrogen and oxygen atoms in total. The SMILES string of the molecule is C[C@@H]1COCCN1c1cc(-c2ccnn2C)c2c(P(C)(C)=O)nn(-c3ccn[nH]3)c2n1. The Kier molecular flexibility index (Phi) is 4.71. The number of ether oxygens (including phenoxy) is 1.